The van der Waals surface area contributed by atoms with Crippen molar-refractivity contribution in [2.45, 2.75) is 51.6 Å². The molecular formula is C14H24N4. The molecule has 1 saturated carbocycles. The molecule has 2 rings (SSSR count). The summed E-state index contributed by atoms with van der Waals surface area (Å²) in [5.41, 5.74) is 1.20. The summed E-state index contributed by atoms with van der Waals surface area (Å²) in [5, 5.41) is 3.20. The fourth-order valence-corrected chi connectivity index (χ4v) is 2.90. The van der Waals surface area contributed by atoms with Crippen molar-refractivity contribution in [2.24, 2.45) is 0 Å². The van der Waals surface area contributed by atoms with E-state index in [4.69, 9.17) is 0 Å². The van der Waals surface area contributed by atoms with Gasteiger partial charge in [-0.05, 0) is 26.8 Å². The van der Waals surface area contributed by atoms with Crippen molar-refractivity contribution in [3.05, 3.63) is 18.1 Å². The fraction of sp³-hybridized carbons (Fsp3) is 0.714. The first-order chi connectivity index (χ1) is 8.86. The van der Waals surface area contributed by atoms with E-state index in [0.29, 0.717) is 6.04 Å². The lowest BCUT2D eigenvalue weighted by Gasteiger charge is -2.35. The van der Waals surface area contributed by atoms with E-state index in [2.05, 4.69) is 27.1 Å². The molecule has 1 aliphatic carbocycles. The van der Waals surface area contributed by atoms with E-state index in [1.165, 1.54) is 37.7 Å². The molecule has 0 bridgehead atoms. The van der Waals surface area contributed by atoms with Crippen LogP contribution in [-0.4, -0.2) is 29.6 Å². The van der Waals surface area contributed by atoms with Crippen molar-refractivity contribution in [3.8, 4) is 0 Å². The molecule has 1 aliphatic rings. The second kappa shape index (κ2) is 6.69. The van der Waals surface area contributed by atoms with Crippen molar-refractivity contribution in [2.75, 3.05) is 18.5 Å². The highest BCUT2D eigenvalue weighted by Crippen LogP contribution is 2.27. The number of rotatable bonds is 5. The summed E-state index contributed by atoms with van der Waals surface area (Å²) in [7, 11) is 1.97. The lowest BCUT2D eigenvalue weighted by atomic mass is 9.94. The third-order valence-electron chi connectivity index (χ3n) is 3.76. The van der Waals surface area contributed by atoms with Crippen LogP contribution in [0.2, 0.25) is 0 Å². The van der Waals surface area contributed by atoms with Gasteiger partial charge < -0.3 is 10.2 Å². The molecule has 0 saturated heterocycles. The minimum atomic E-state index is 0.661. The Hall–Kier alpha value is -1.16. The highest BCUT2D eigenvalue weighted by atomic mass is 15.2. The van der Waals surface area contributed by atoms with Gasteiger partial charge in [-0.1, -0.05) is 19.3 Å². The van der Waals surface area contributed by atoms with Crippen LogP contribution in [0.1, 0.15) is 44.6 Å². The lowest BCUT2D eigenvalue weighted by molar-refractivity contribution is 0.415. The monoisotopic (exact) mass is 248 g/mol. The Morgan fingerprint density at radius 3 is 2.78 bits per heavy atom. The molecule has 1 aromatic heterocycles. The first-order valence-electron chi connectivity index (χ1n) is 7.07. The number of nitrogens with zero attached hydrogens (tertiary/aromatic N) is 3. The van der Waals surface area contributed by atoms with Gasteiger partial charge in [0, 0.05) is 30.9 Å². The van der Waals surface area contributed by atoms with Gasteiger partial charge in [0.2, 0.25) is 0 Å². The minimum absolute atomic E-state index is 0.661. The van der Waals surface area contributed by atoms with Crippen molar-refractivity contribution in [1.82, 2.24) is 15.3 Å². The van der Waals surface area contributed by atoms with Crippen LogP contribution < -0.4 is 10.2 Å². The number of anilines is 1. The average molecular weight is 248 g/mol. The Kier molecular flexibility index (Phi) is 4.93. The molecule has 0 atom stereocenters. The molecular weight excluding hydrogens is 224 g/mol. The van der Waals surface area contributed by atoms with Gasteiger partial charge in [0.05, 0.1) is 0 Å². The molecule has 18 heavy (non-hydrogen) atoms. The Labute approximate surface area is 110 Å². The van der Waals surface area contributed by atoms with Gasteiger partial charge in [-0.25, -0.2) is 9.97 Å². The maximum Gasteiger partial charge on any atom is 0.136 e. The van der Waals surface area contributed by atoms with Crippen molar-refractivity contribution in [3.63, 3.8) is 0 Å². The Balaban J connectivity index is 2.20. The second-order valence-electron chi connectivity index (χ2n) is 4.98. The molecule has 4 heteroatoms. The summed E-state index contributed by atoms with van der Waals surface area (Å²) >= 11 is 0. The highest BCUT2D eigenvalue weighted by Gasteiger charge is 2.22. The predicted molar refractivity (Wildman–Crippen MR) is 74.7 cm³/mol. The van der Waals surface area contributed by atoms with Gasteiger partial charge in [0.15, 0.2) is 0 Å². The summed E-state index contributed by atoms with van der Waals surface area (Å²) in [4.78, 5) is 11.1. The molecule has 100 valence electrons. The molecule has 0 amide bonds. The van der Waals surface area contributed by atoms with Crippen molar-refractivity contribution < 1.29 is 0 Å². The first kappa shape index (κ1) is 13.3. The zero-order valence-electron chi connectivity index (χ0n) is 11.5. The smallest absolute Gasteiger partial charge is 0.136 e. The molecule has 0 aromatic carbocycles. The van der Waals surface area contributed by atoms with E-state index in [1.807, 2.05) is 13.2 Å². The summed E-state index contributed by atoms with van der Waals surface area (Å²) in [6.07, 6.45) is 10.3. The molecule has 0 aliphatic heterocycles. The van der Waals surface area contributed by atoms with Gasteiger partial charge >= 0.3 is 0 Å². The lowest BCUT2D eigenvalue weighted by Crippen LogP contribution is -2.38. The SMILES string of the molecule is CCN(c1ncncc1CNC)C1CCCCC1. The van der Waals surface area contributed by atoms with Crippen LogP contribution in [0.25, 0.3) is 0 Å². The van der Waals surface area contributed by atoms with E-state index in [9.17, 15) is 0 Å². The zero-order valence-corrected chi connectivity index (χ0v) is 11.5. The van der Waals surface area contributed by atoms with E-state index in [-0.39, 0.29) is 0 Å². The van der Waals surface area contributed by atoms with Crippen LogP contribution in [0, 0.1) is 0 Å². The molecule has 1 fully saturated rings. The van der Waals surface area contributed by atoms with Crippen molar-refractivity contribution >= 4 is 5.82 Å². The van der Waals surface area contributed by atoms with Crippen molar-refractivity contribution in [1.29, 1.82) is 0 Å². The molecule has 1 N–H and O–H groups in total. The van der Waals surface area contributed by atoms with E-state index in [0.717, 1.165) is 18.9 Å². The molecule has 1 aromatic rings. The topological polar surface area (TPSA) is 41.1 Å². The molecule has 4 nitrogen and oxygen atoms in total. The maximum atomic E-state index is 4.52. The second-order valence-corrected chi connectivity index (χ2v) is 4.98. The highest BCUT2D eigenvalue weighted by molar-refractivity contribution is 5.46. The van der Waals surface area contributed by atoms with Crippen LogP contribution >= 0.6 is 0 Å². The quantitative estimate of drug-likeness (QED) is 0.868. The third-order valence-corrected chi connectivity index (χ3v) is 3.76. The van der Waals surface area contributed by atoms with Crippen LogP contribution in [-0.2, 0) is 6.54 Å². The van der Waals surface area contributed by atoms with Gasteiger partial charge in [0.25, 0.3) is 0 Å². The number of hydrogen-bond donors (Lipinski definition) is 1. The maximum absolute atomic E-state index is 4.52. The van der Waals surface area contributed by atoms with E-state index in [1.54, 1.807) is 6.33 Å². The Bertz CT molecular complexity index is 361. The molecule has 1 heterocycles. The van der Waals surface area contributed by atoms with Crippen LogP contribution in [0.15, 0.2) is 12.5 Å². The fourth-order valence-electron chi connectivity index (χ4n) is 2.90. The minimum Gasteiger partial charge on any atom is -0.354 e. The van der Waals surface area contributed by atoms with Crippen LogP contribution in [0.3, 0.4) is 0 Å². The molecule has 0 unspecified atom stereocenters. The predicted octanol–water partition coefficient (Wildman–Crippen LogP) is 2.36. The zero-order chi connectivity index (χ0) is 12.8. The summed E-state index contributed by atoms with van der Waals surface area (Å²) < 4.78 is 0. The number of nitrogens with one attached hydrogen (secondary N) is 1. The third kappa shape index (κ3) is 2.99. The van der Waals surface area contributed by atoms with E-state index < -0.39 is 0 Å². The van der Waals surface area contributed by atoms with Gasteiger partial charge in [-0.3, -0.25) is 0 Å². The number of hydrogen-bond acceptors (Lipinski definition) is 4. The number of aromatic nitrogens is 2. The van der Waals surface area contributed by atoms with Crippen LogP contribution in [0.4, 0.5) is 5.82 Å². The average Bonchev–Trinajstić information content (AvgIpc) is 2.43. The normalized spacial score (nSPS) is 16.8. The Morgan fingerprint density at radius 1 is 1.33 bits per heavy atom. The molecule has 0 radical (unpaired) electrons. The van der Waals surface area contributed by atoms with Gasteiger partial charge in [-0.2, -0.15) is 0 Å². The largest absolute Gasteiger partial charge is 0.354 e. The summed E-state index contributed by atoms with van der Waals surface area (Å²) in [5.74, 6) is 1.12. The first-order valence-corrected chi connectivity index (χ1v) is 7.07. The van der Waals surface area contributed by atoms with Crippen LogP contribution in [0.5, 0.6) is 0 Å². The van der Waals surface area contributed by atoms with Gasteiger partial charge in [0.1, 0.15) is 12.1 Å². The summed E-state index contributed by atoms with van der Waals surface area (Å²) in [6.45, 7) is 4.08. The van der Waals surface area contributed by atoms with E-state index >= 15 is 0 Å². The Morgan fingerprint density at radius 2 is 2.11 bits per heavy atom. The standard InChI is InChI=1S/C14H24N4/c1-3-18(13-7-5-4-6-8-13)14-12(9-15-2)10-16-11-17-14/h10-11,13,15H,3-9H2,1-2H3. The molecule has 0 spiro atoms. The summed E-state index contributed by atoms with van der Waals surface area (Å²) in [6, 6.07) is 0.661. The van der Waals surface area contributed by atoms with Gasteiger partial charge in [-0.15, -0.1) is 0 Å².